The van der Waals surface area contributed by atoms with E-state index in [9.17, 15) is 9.18 Å². The largest absolute Gasteiger partial charge is 0.330 e. The van der Waals surface area contributed by atoms with Crippen LogP contribution in [0.2, 0.25) is 0 Å². The lowest BCUT2D eigenvalue weighted by Gasteiger charge is -2.35. The molecule has 0 aliphatic carbocycles. The number of amides is 1. The van der Waals surface area contributed by atoms with Crippen LogP contribution < -0.4 is 0 Å². The van der Waals surface area contributed by atoms with Crippen LogP contribution in [0.25, 0.3) is 0 Å². The van der Waals surface area contributed by atoms with Gasteiger partial charge in [-0.05, 0) is 36.2 Å². The molecule has 2 heterocycles. The van der Waals surface area contributed by atoms with Gasteiger partial charge in [-0.1, -0.05) is 12.1 Å². The standard InChI is InChI=1S/C15H15FN6OS/c1-9-19-14(24-20-9)12(17)22-7-6-21(15(23)13(22)18)8-10-2-4-11(16)5-3-10/h2-5,17-18H,6-8H2,1H3. The second kappa shape index (κ2) is 6.44. The fraction of sp³-hybridized carbons (Fsp3) is 0.267. The normalized spacial score (nSPS) is 15.1. The molecule has 24 heavy (non-hydrogen) atoms. The van der Waals surface area contributed by atoms with Gasteiger partial charge >= 0.3 is 0 Å². The minimum Gasteiger partial charge on any atom is -0.330 e. The molecular weight excluding hydrogens is 331 g/mol. The molecule has 2 aromatic rings. The number of piperazine rings is 1. The number of amidine groups is 2. The SMILES string of the molecule is Cc1nsc(C(=N)N2CCN(Cc3ccc(F)cc3)C(=O)C2=N)n1. The smallest absolute Gasteiger partial charge is 0.289 e. The maximum absolute atomic E-state index is 13.0. The van der Waals surface area contributed by atoms with Gasteiger partial charge < -0.3 is 9.80 Å². The molecule has 7 nitrogen and oxygen atoms in total. The van der Waals surface area contributed by atoms with Crippen molar-refractivity contribution in [2.75, 3.05) is 13.1 Å². The monoisotopic (exact) mass is 346 g/mol. The second-order valence-electron chi connectivity index (χ2n) is 5.35. The average Bonchev–Trinajstić information content (AvgIpc) is 3.00. The van der Waals surface area contributed by atoms with Crippen LogP contribution in [0.1, 0.15) is 16.4 Å². The summed E-state index contributed by atoms with van der Waals surface area (Å²) in [5.41, 5.74) is 0.792. The Morgan fingerprint density at radius 3 is 2.67 bits per heavy atom. The first-order chi connectivity index (χ1) is 11.5. The molecule has 0 radical (unpaired) electrons. The number of rotatable bonds is 3. The van der Waals surface area contributed by atoms with Crippen LogP contribution in [0.4, 0.5) is 4.39 Å². The van der Waals surface area contributed by atoms with E-state index < -0.39 is 5.91 Å². The number of hydrogen-bond donors (Lipinski definition) is 2. The molecule has 0 atom stereocenters. The highest BCUT2D eigenvalue weighted by Crippen LogP contribution is 2.15. The lowest BCUT2D eigenvalue weighted by molar-refractivity contribution is -0.126. The van der Waals surface area contributed by atoms with E-state index >= 15 is 0 Å². The lowest BCUT2D eigenvalue weighted by atomic mass is 10.2. The van der Waals surface area contributed by atoms with Crippen molar-refractivity contribution in [2.45, 2.75) is 13.5 Å². The summed E-state index contributed by atoms with van der Waals surface area (Å²) in [6.07, 6.45) is 0. The molecule has 1 aliphatic rings. The summed E-state index contributed by atoms with van der Waals surface area (Å²) in [7, 11) is 0. The molecule has 9 heteroatoms. The molecule has 1 aromatic heterocycles. The van der Waals surface area contributed by atoms with Crippen molar-refractivity contribution in [1.82, 2.24) is 19.2 Å². The van der Waals surface area contributed by atoms with E-state index in [-0.39, 0.29) is 17.5 Å². The Balaban J connectivity index is 1.70. The minimum absolute atomic E-state index is 0.0142. The van der Waals surface area contributed by atoms with Gasteiger partial charge in [-0.15, -0.1) is 0 Å². The number of halogens is 1. The van der Waals surface area contributed by atoms with Crippen molar-refractivity contribution in [2.24, 2.45) is 0 Å². The van der Waals surface area contributed by atoms with Gasteiger partial charge in [0.25, 0.3) is 5.91 Å². The lowest BCUT2D eigenvalue weighted by Crippen LogP contribution is -2.55. The number of nitrogens with one attached hydrogen (secondary N) is 2. The van der Waals surface area contributed by atoms with Crippen molar-refractivity contribution < 1.29 is 9.18 Å². The number of aryl methyl sites for hydroxylation is 1. The third-order valence-electron chi connectivity index (χ3n) is 3.64. The predicted octanol–water partition coefficient (Wildman–Crippen LogP) is 1.63. The highest BCUT2D eigenvalue weighted by atomic mass is 32.1. The second-order valence-corrected chi connectivity index (χ2v) is 6.10. The van der Waals surface area contributed by atoms with Crippen LogP contribution >= 0.6 is 11.5 Å². The number of benzene rings is 1. The zero-order valence-corrected chi connectivity index (χ0v) is 13.7. The maximum Gasteiger partial charge on any atom is 0.289 e. The molecule has 2 N–H and O–H groups in total. The fourth-order valence-corrected chi connectivity index (χ4v) is 3.02. The first kappa shape index (κ1) is 16.2. The first-order valence-electron chi connectivity index (χ1n) is 7.25. The Morgan fingerprint density at radius 1 is 1.33 bits per heavy atom. The zero-order chi connectivity index (χ0) is 17.3. The predicted molar refractivity (Wildman–Crippen MR) is 87.7 cm³/mol. The molecule has 1 aliphatic heterocycles. The zero-order valence-electron chi connectivity index (χ0n) is 12.9. The summed E-state index contributed by atoms with van der Waals surface area (Å²) in [5.74, 6) is -0.478. The summed E-state index contributed by atoms with van der Waals surface area (Å²) >= 11 is 1.07. The number of carbonyl (C=O) groups is 1. The first-order valence-corrected chi connectivity index (χ1v) is 8.02. The molecule has 0 spiro atoms. The molecular formula is C15H15FN6OS. The van der Waals surface area contributed by atoms with Gasteiger partial charge in [-0.25, -0.2) is 9.37 Å². The van der Waals surface area contributed by atoms with E-state index in [1.54, 1.807) is 19.1 Å². The van der Waals surface area contributed by atoms with Crippen molar-refractivity contribution in [3.8, 4) is 0 Å². The summed E-state index contributed by atoms with van der Waals surface area (Å²) in [5, 5.41) is 16.6. The Bertz CT molecular complexity index is 803. The van der Waals surface area contributed by atoms with Crippen LogP contribution in [0.5, 0.6) is 0 Å². The van der Waals surface area contributed by atoms with Gasteiger partial charge in [0.05, 0.1) is 0 Å². The van der Waals surface area contributed by atoms with E-state index in [1.165, 1.54) is 21.9 Å². The fourth-order valence-electron chi connectivity index (χ4n) is 2.39. The number of hydrogen-bond acceptors (Lipinski definition) is 6. The van der Waals surface area contributed by atoms with Crippen molar-refractivity contribution in [1.29, 1.82) is 10.8 Å². The van der Waals surface area contributed by atoms with Crippen molar-refractivity contribution in [3.05, 3.63) is 46.5 Å². The van der Waals surface area contributed by atoms with Gasteiger partial charge in [-0.3, -0.25) is 15.6 Å². The summed E-state index contributed by atoms with van der Waals surface area (Å²) in [6.45, 7) is 2.74. The van der Waals surface area contributed by atoms with Gasteiger partial charge in [0.2, 0.25) is 0 Å². The van der Waals surface area contributed by atoms with E-state index in [0.717, 1.165) is 17.1 Å². The molecule has 124 valence electrons. The Kier molecular flexibility index (Phi) is 4.34. The van der Waals surface area contributed by atoms with Crippen LogP contribution in [0, 0.1) is 23.6 Å². The maximum atomic E-state index is 13.0. The van der Waals surface area contributed by atoms with E-state index in [0.29, 0.717) is 30.5 Å². The molecule has 0 saturated carbocycles. The van der Waals surface area contributed by atoms with E-state index in [4.69, 9.17) is 10.8 Å². The molecule has 0 unspecified atom stereocenters. The minimum atomic E-state index is -0.462. The molecule has 0 bridgehead atoms. The molecule has 1 saturated heterocycles. The number of carbonyl (C=O) groups excluding carboxylic acids is 1. The van der Waals surface area contributed by atoms with Gasteiger partial charge in [0.15, 0.2) is 16.7 Å². The summed E-state index contributed by atoms with van der Waals surface area (Å²) < 4.78 is 17.0. The Morgan fingerprint density at radius 2 is 2.04 bits per heavy atom. The van der Waals surface area contributed by atoms with E-state index in [1.807, 2.05) is 0 Å². The highest BCUT2D eigenvalue weighted by molar-refractivity contribution is 7.07. The molecule has 1 fully saturated rings. The average molecular weight is 346 g/mol. The summed E-state index contributed by atoms with van der Waals surface area (Å²) in [6, 6.07) is 5.92. The number of aromatic nitrogens is 2. The van der Waals surface area contributed by atoms with Gasteiger partial charge in [0, 0.05) is 19.6 Å². The van der Waals surface area contributed by atoms with Crippen LogP contribution in [-0.4, -0.2) is 49.8 Å². The van der Waals surface area contributed by atoms with Crippen molar-refractivity contribution in [3.63, 3.8) is 0 Å². The van der Waals surface area contributed by atoms with E-state index in [2.05, 4.69) is 9.36 Å². The molecule has 1 aromatic carbocycles. The van der Waals surface area contributed by atoms with Gasteiger partial charge in [-0.2, -0.15) is 4.37 Å². The quantitative estimate of drug-likeness (QED) is 0.652. The number of nitrogens with zero attached hydrogens (tertiary/aromatic N) is 4. The Labute approximate surface area is 141 Å². The third-order valence-corrected chi connectivity index (χ3v) is 4.45. The van der Waals surface area contributed by atoms with Crippen LogP contribution in [0.3, 0.4) is 0 Å². The van der Waals surface area contributed by atoms with Crippen LogP contribution in [0.15, 0.2) is 24.3 Å². The topological polar surface area (TPSA) is 97.0 Å². The van der Waals surface area contributed by atoms with Crippen LogP contribution in [-0.2, 0) is 11.3 Å². The Hall–Kier alpha value is -2.68. The van der Waals surface area contributed by atoms with Crippen molar-refractivity contribution >= 4 is 29.1 Å². The summed E-state index contributed by atoms with van der Waals surface area (Å²) in [4.78, 5) is 19.4. The third kappa shape index (κ3) is 3.16. The highest BCUT2D eigenvalue weighted by Gasteiger charge is 2.32. The van der Waals surface area contributed by atoms with Gasteiger partial charge in [0.1, 0.15) is 11.6 Å². The molecule has 3 rings (SSSR count). The molecule has 1 amide bonds.